The maximum Gasteiger partial charge on any atom is 0.306 e. The monoisotopic (exact) mass is 429 g/mol. The zero-order valence-corrected chi connectivity index (χ0v) is 18.6. The predicted molar refractivity (Wildman–Crippen MR) is 117 cm³/mol. The van der Waals surface area contributed by atoms with Crippen molar-refractivity contribution in [1.29, 1.82) is 0 Å². The molecule has 1 aliphatic heterocycles. The minimum Gasteiger partial charge on any atom is -0.465 e. The Hall–Kier alpha value is -2.41. The first kappa shape index (κ1) is 20.8. The van der Waals surface area contributed by atoms with Gasteiger partial charge < -0.3 is 8.60 Å². The zero-order chi connectivity index (χ0) is 21.7. The normalized spacial score (nSPS) is 21.0. The van der Waals surface area contributed by atoms with Crippen molar-refractivity contribution < 1.29 is 17.0 Å². The van der Waals surface area contributed by atoms with E-state index in [4.69, 9.17) is 13.6 Å². The minimum absolute atomic E-state index is 0.0164. The second-order valence-electron chi connectivity index (χ2n) is 9.33. The Balaban J connectivity index is 1.86. The number of aliphatic imine (C=N–C) groups is 1. The van der Waals surface area contributed by atoms with Crippen molar-refractivity contribution >= 4 is 21.5 Å². The summed E-state index contributed by atoms with van der Waals surface area (Å²) >= 11 is 0. The third-order valence-corrected chi connectivity index (χ3v) is 6.53. The topological polar surface area (TPSA) is 85.9 Å². The van der Waals surface area contributed by atoms with Crippen molar-refractivity contribution in [1.82, 2.24) is 0 Å². The molecule has 2 aliphatic rings. The van der Waals surface area contributed by atoms with E-state index in [1.54, 1.807) is 0 Å². The van der Waals surface area contributed by atoms with Crippen LogP contribution < -0.4 is 9.61 Å². The maximum atomic E-state index is 12.4. The van der Waals surface area contributed by atoms with Crippen LogP contribution in [0.3, 0.4) is 0 Å². The summed E-state index contributed by atoms with van der Waals surface area (Å²) in [6.07, 6.45) is 6.39. The zero-order valence-electron chi connectivity index (χ0n) is 17.8. The Morgan fingerprint density at radius 3 is 2.67 bits per heavy atom. The van der Waals surface area contributed by atoms with Gasteiger partial charge in [-0.15, -0.1) is 0 Å². The lowest BCUT2D eigenvalue weighted by atomic mass is 9.66. The quantitative estimate of drug-likeness (QED) is 0.672. The van der Waals surface area contributed by atoms with Crippen LogP contribution in [0.4, 0.5) is 5.69 Å². The summed E-state index contributed by atoms with van der Waals surface area (Å²) in [6.45, 7) is 6.52. The second kappa shape index (κ2) is 7.08. The summed E-state index contributed by atoms with van der Waals surface area (Å²) in [5.74, 6) is -0.00346. The van der Waals surface area contributed by atoms with Crippen LogP contribution in [0.25, 0.3) is 0 Å². The summed E-state index contributed by atoms with van der Waals surface area (Å²) in [7, 11) is -3.86. The molecule has 2 aromatic rings. The molecule has 6 nitrogen and oxygen atoms in total. The Morgan fingerprint density at radius 2 is 1.97 bits per heavy atom. The highest BCUT2D eigenvalue weighted by Gasteiger charge is 2.46. The van der Waals surface area contributed by atoms with Crippen molar-refractivity contribution in [3.8, 4) is 5.75 Å². The first-order valence-corrected chi connectivity index (χ1v) is 12.0. The number of fused-ring (bicyclic) bond motifs is 3. The number of benzene rings is 1. The van der Waals surface area contributed by atoms with E-state index in [9.17, 15) is 13.2 Å². The first-order valence-electron chi connectivity index (χ1n) is 10.2. The highest BCUT2D eigenvalue weighted by atomic mass is 32.2. The van der Waals surface area contributed by atoms with Crippen LogP contribution in [-0.2, 0) is 27.4 Å². The third kappa shape index (κ3) is 3.71. The Labute approximate surface area is 177 Å². The van der Waals surface area contributed by atoms with Gasteiger partial charge in [0.1, 0.15) is 0 Å². The molecule has 1 aliphatic carbocycles. The van der Waals surface area contributed by atoms with Gasteiger partial charge in [-0.1, -0.05) is 39.3 Å². The molecule has 1 atom stereocenters. The van der Waals surface area contributed by atoms with Crippen LogP contribution in [0.5, 0.6) is 5.75 Å². The molecule has 30 heavy (non-hydrogen) atoms. The van der Waals surface area contributed by atoms with Crippen LogP contribution in [0.2, 0.25) is 0 Å². The maximum absolute atomic E-state index is 12.4. The Morgan fingerprint density at radius 1 is 1.20 bits per heavy atom. The van der Waals surface area contributed by atoms with Crippen molar-refractivity contribution in [2.75, 3.05) is 6.26 Å². The lowest BCUT2D eigenvalue weighted by Gasteiger charge is -2.36. The minimum atomic E-state index is -3.86. The lowest BCUT2D eigenvalue weighted by Crippen LogP contribution is -2.39. The van der Waals surface area contributed by atoms with Crippen LogP contribution in [0.15, 0.2) is 44.7 Å². The average molecular weight is 430 g/mol. The van der Waals surface area contributed by atoms with E-state index in [0.717, 1.165) is 48.9 Å². The van der Waals surface area contributed by atoms with Gasteiger partial charge in [0.25, 0.3) is 0 Å². The van der Waals surface area contributed by atoms with Crippen molar-refractivity contribution in [3.63, 3.8) is 0 Å². The molecule has 1 aromatic carbocycles. The standard InChI is InChI=1S/C23H27NO5S/c1-22(2,3)15-8-9-17-16(13-15)23(11-6-5-7-20(23)24-17)14-19-21(29-30(4,26)27)18(25)10-12-28-19/h8-10,12-13H,5-7,11,14H2,1-4H3/t23-/m1/s1. The SMILES string of the molecule is CC(C)(C)c1ccc2c(c1)[C@]1(Cc3occc(=O)c3OS(C)(=O)=O)CCCCC1=N2. The number of hydrogen-bond donors (Lipinski definition) is 0. The van der Waals surface area contributed by atoms with E-state index in [0.29, 0.717) is 6.42 Å². The molecule has 0 spiro atoms. The van der Waals surface area contributed by atoms with Gasteiger partial charge in [0.15, 0.2) is 5.76 Å². The van der Waals surface area contributed by atoms with Crippen LogP contribution in [0, 0.1) is 0 Å². The average Bonchev–Trinajstić information content (AvgIpc) is 2.96. The summed E-state index contributed by atoms with van der Waals surface area (Å²) in [4.78, 5) is 17.3. The van der Waals surface area contributed by atoms with Crippen LogP contribution >= 0.6 is 0 Å². The Kier molecular flexibility index (Phi) is 4.92. The van der Waals surface area contributed by atoms with Gasteiger partial charge in [0.2, 0.25) is 11.2 Å². The van der Waals surface area contributed by atoms with Gasteiger partial charge in [-0.2, -0.15) is 8.42 Å². The molecule has 160 valence electrons. The van der Waals surface area contributed by atoms with Crippen LogP contribution in [-0.4, -0.2) is 20.4 Å². The molecule has 0 amide bonds. The summed E-state index contributed by atoms with van der Waals surface area (Å²) < 4.78 is 34.2. The fraction of sp³-hybridized carbons (Fsp3) is 0.478. The molecular weight excluding hydrogens is 402 g/mol. The largest absolute Gasteiger partial charge is 0.465 e. The molecule has 0 radical (unpaired) electrons. The number of hydrogen-bond acceptors (Lipinski definition) is 6. The molecule has 0 unspecified atom stereocenters. The number of rotatable bonds is 4. The molecule has 1 fully saturated rings. The van der Waals surface area contributed by atoms with Gasteiger partial charge >= 0.3 is 10.1 Å². The summed E-state index contributed by atoms with van der Waals surface area (Å²) in [5, 5.41) is 0. The van der Waals surface area contributed by atoms with Crippen molar-refractivity contribution in [2.45, 2.75) is 63.7 Å². The van der Waals surface area contributed by atoms with Gasteiger partial charge in [-0.05, 0) is 41.9 Å². The van der Waals surface area contributed by atoms with Gasteiger partial charge in [-0.25, -0.2) is 0 Å². The molecule has 7 heteroatoms. The third-order valence-electron chi connectivity index (χ3n) is 6.06. The van der Waals surface area contributed by atoms with Crippen molar-refractivity contribution in [2.24, 2.45) is 4.99 Å². The molecule has 0 bridgehead atoms. The first-order chi connectivity index (χ1) is 14.0. The van der Waals surface area contributed by atoms with Crippen molar-refractivity contribution in [3.05, 3.63) is 57.6 Å². The van der Waals surface area contributed by atoms with E-state index in [-0.39, 0.29) is 16.9 Å². The fourth-order valence-corrected chi connectivity index (χ4v) is 5.03. The van der Waals surface area contributed by atoms with Gasteiger partial charge in [0.05, 0.1) is 18.2 Å². The Bertz CT molecular complexity index is 1190. The molecule has 1 saturated carbocycles. The molecule has 0 saturated heterocycles. The lowest BCUT2D eigenvalue weighted by molar-refractivity contribution is 0.380. The molecular formula is C23H27NO5S. The number of nitrogens with zero attached hydrogens (tertiary/aromatic N) is 1. The summed E-state index contributed by atoms with van der Waals surface area (Å²) in [5.41, 5.74) is 3.43. The summed E-state index contributed by atoms with van der Waals surface area (Å²) in [6, 6.07) is 7.58. The molecule has 0 N–H and O–H groups in total. The highest BCUT2D eigenvalue weighted by Crippen LogP contribution is 2.50. The fourth-order valence-electron chi connectivity index (χ4n) is 4.55. The van der Waals surface area contributed by atoms with E-state index in [1.807, 2.05) is 0 Å². The molecule has 2 heterocycles. The van der Waals surface area contributed by atoms with E-state index < -0.39 is 21.0 Å². The second-order valence-corrected chi connectivity index (χ2v) is 10.9. The van der Waals surface area contributed by atoms with E-state index in [1.165, 1.54) is 17.9 Å². The highest BCUT2D eigenvalue weighted by molar-refractivity contribution is 7.86. The van der Waals surface area contributed by atoms with E-state index in [2.05, 4.69) is 39.0 Å². The van der Waals surface area contributed by atoms with Crippen LogP contribution in [0.1, 0.15) is 63.3 Å². The van der Waals surface area contributed by atoms with Gasteiger partial charge in [0, 0.05) is 23.6 Å². The van der Waals surface area contributed by atoms with Gasteiger partial charge in [-0.3, -0.25) is 9.79 Å². The predicted octanol–water partition coefficient (Wildman–Crippen LogP) is 4.42. The molecule has 1 aromatic heterocycles. The van der Waals surface area contributed by atoms with E-state index >= 15 is 0 Å². The smallest absolute Gasteiger partial charge is 0.306 e. The molecule has 4 rings (SSSR count).